The van der Waals surface area contributed by atoms with Gasteiger partial charge in [0.15, 0.2) is 5.78 Å². The average molecular weight is 404 g/mol. The van der Waals surface area contributed by atoms with Gasteiger partial charge in [0, 0.05) is 31.6 Å². The molecule has 0 aromatic heterocycles. The molecule has 2 rings (SSSR count). The molecule has 1 unspecified atom stereocenters. The minimum Gasteiger partial charge on any atom is -0.469 e. The van der Waals surface area contributed by atoms with Gasteiger partial charge in [-0.3, -0.25) is 14.4 Å². The molecule has 1 saturated heterocycles. The lowest BCUT2D eigenvalue weighted by Crippen LogP contribution is -2.43. The first-order chi connectivity index (χ1) is 13.6. The zero-order valence-corrected chi connectivity index (χ0v) is 17.3. The number of hydrogen-bond acceptors (Lipinski definition) is 5. The number of methoxy groups -OCH3 is 1. The van der Waals surface area contributed by atoms with Gasteiger partial charge in [0.05, 0.1) is 13.2 Å². The van der Waals surface area contributed by atoms with Gasteiger partial charge < -0.3 is 9.64 Å². The number of ether oxygens (including phenoxy) is 1. The fourth-order valence-electron chi connectivity index (χ4n) is 3.20. The number of nitrogens with zero attached hydrogens (tertiary/aromatic N) is 1. The van der Waals surface area contributed by atoms with Gasteiger partial charge in [-0.1, -0.05) is 36.4 Å². The molecule has 1 amide bonds. The van der Waals surface area contributed by atoms with Crippen molar-refractivity contribution < 1.29 is 19.1 Å². The molecule has 1 fully saturated rings. The molecule has 1 atom stereocenters. The first kappa shape index (κ1) is 22.2. The summed E-state index contributed by atoms with van der Waals surface area (Å²) in [4.78, 5) is 37.5. The zero-order chi connectivity index (χ0) is 20.2. The van der Waals surface area contributed by atoms with Crippen LogP contribution in [0.2, 0.25) is 0 Å². The number of benzene rings is 1. The van der Waals surface area contributed by atoms with E-state index in [0.717, 1.165) is 36.3 Å². The van der Waals surface area contributed by atoms with Gasteiger partial charge in [0.25, 0.3) is 0 Å². The van der Waals surface area contributed by atoms with E-state index in [0.29, 0.717) is 25.8 Å². The van der Waals surface area contributed by atoms with Crippen molar-refractivity contribution in [2.24, 2.45) is 0 Å². The Hall–Kier alpha value is -2.08. The van der Waals surface area contributed by atoms with Gasteiger partial charge in [0.1, 0.15) is 0 Å². The Morgan fingerprint density at radius 3 is 2.79 bits per heavy atom. The van der Waals surface area contributed by atoms with Crippen LogP contribution in [0.4, 0.5) is 0 Å². The van der Waals surface area contributed by atoms with Crippen LogP contribution in [-0.2, 0) is 25.5 Å². The van der Waals surface area contributed by atoms with Crippen LogP contribution < -0.4 is 0 Å². The summed E-state index contributed by atoms with van der Waals surface area (Å²) < 4.78 is 4.63. The third kappa shape index (κ3) is 7.89. The second-order valence-corrected chi connectivity index (χ2v) is 8.05. The Morgan fingerprint density at radius 1 is 1.25 bits per heavy atom. The molecule has 6 heteroatoms. The molecule has 28 heavy (non-hydrogen) atoms. The summed E-state index contributed by atoms with van der Waals surface area (Å²) in [5.74, 6) is 1.73. The largest absolute Gasteiger partial charge is 0.469 e. The van der Waals surface area contributed by atoms with Crippen molar-refractivity contribution in [1.29, 1.82) is 0 Å². The summed E-state index contributed by atoms with van der Waals surface area (Å²) in [6.07, 6.45) is 7.46. The molecular weight excluding hydrogens is 374 g/mol. The quantitative estimate of drug-likeness (QED) is 0.322. The molecule has 1 aromatic rings. The normalized spacial score (nSPS) is 17.1. The van der Waals surface area contributed by atoms with Crippen LogP contribution in [0.1, 0.15) is 37.7 Å². The molecule has 0 aliphatic carbocycles. The molecular formula is C22H29NO4S. The van der Waals surface area contributed by atoms with E-state index in [-0.39, 0.29) is 23.7 Å². The number of amides is 1. The summed E-state index contributed by atoms with van der Waals surface area (Å²) in [5, 5.41) is 0. The van der Waals surface area contributed by atoms with E-state index in [2.05, 4.69) is 4.74 Å². The number of thioether (sulfide) groups is 1. The van der Waals surface area contributed by atoms with Crippen LogP contribution in [0.15, 0.2) is 42.5 Å². The maximum Gasteiger partial charge on any atom is 0.305 e. The summed E-state index contributed by atoms with van der Waals surface area (Å²) in [6, 6.07) is 9.67. The summed E-state index contributed by atoms with van der Waals surface area (Å²) >= 11 is 1.74. The molecule has 1 aromatic carbocycles. The van der Waals surface area contributed by atoms with Crippen LogP contribution in [0, 0.1) is 0 Å². The minimum absolute atomic E-state index is 0.00311. The molecule has 152 valence electrons. The molecule has 0 spiro atoms. The highest BCUT2D eigenvalue weighted by Crippen LogP contribution is 2.20. The zero-order valence-electron chi connectivity index (χ0n) is 16.5. The number of carbonyl (C=O) groups is 3. The van der Waals surface area contributed by atoms with Crippen molar-refractivity contribution in [3.8, 4) is 0 Å². The molecule has 1 aliphatic rings. The van der Waals surface area contributed by atoms with E-state index in [1.54, 1.807) is 17.8 Å². The minimum atomic E-state index is -0.183. The Bertz CT molecular complexity index is 674. The smallest absolute Gasteiger partial charge is 0.305 e. The molecule has 0 radical (unpaired) electrons. The maximum atomic E-state index is 12.3. The third-order valence-electron chi connectivity index (χ3n) is 4.71. The lowest BCUT2D eigenvalue weighted by molar-refractivity contribution is -0.140. The number of hydrogen-bond donors (Lipinski definition) is 0. The Morgan fingerprint density at radius 2 is 2.04 bits per heavy atom. The molecule has 0 N–H and O–H groups in total. The first-order valence-corrected chi connectivity index (χ1v) is 10.9. The highest BCUT2D eigenvalue weighted by molar-refractivity contribution is 7.99. The Labute approximate surface area is 171 Å². The maximum absolute atomic E-state index is 12.3. The fraction of sp³-hybridized carbons (Fsp3) is 0.500. The van der Waals surface area contributed by atoms with E-state index in [1.165, 1.54) is 7.11 Å². The van der Waals surface area contributed by atoms with E-state index < -0.39 is 0 Å². The van der Waals surface area contributed by atoms with Gasteiger partial charge in [-0.05, 0) is 36.7 Å². The van der Waals surface area contributed by atoms with Crippen molar-refractivity contribution in [2.75, 3.05) is 25.2 Å². The van der Waals surface area contributed by atoms with Gasteiger partial charge in [-0.2, -0.15) is 11.8 Å². The molecule has 1 aliphatic heterocycles. The van der Waals surface area contributed by atoms with E-state index in [4.69, 9.17) is 0 Å². The Kier molecular flexibility index (Phi) is 9.83. The average Bonchev–Trinajstić information content (AvgIpc) is 2.70. The Balaban J connectivity index is 1.78. The standard InChI is InChI=1S/C22H29NO4S/c1-27-22(26)11-6-15-28-16-14-23-19(9-5-10-21(23)25)12-13-20(24)17-18-7-3-2-4-8-18/h2-4,7-8,12-13,19H,5-6,9-11,14-17H2,1H3/b13-12+. The van der Waals surface area contributed by atoms with E-state index >= 15 is 0 Å². The predicted octanol–water partition coefficient (Wildman–Crippen LogP) is 3.42. The van der Waals surface area contributed by atoms with Crippen molar-refractivity contribution in [3.05, 3.63) is 48.0 Å². The van der Waals surface area contributed by atoms with Gasteiger partial charge >= 0.3 is 5.97 Å². The second kappa shape index (κ2) is 12.4. The van der Waals surface area contributed by atoms with Crippen LogP contribution in [0.25, 0.3) is 0 Å². The molecule has 1 heterocycles. The van der Waals surface area contributed by atoms with Crippen molar-refractivity contribution >= 4 is 29.4 Å². The van der Waals surface area contributed by atoms with Crippen LogP contribution in [0.3, 0.4) is 0 Å². The number of allylic oxidation sites excluding steroid dienone is 1. The van der Waals surface area contributed by atoms with E-state index in [9.17, 15) is 14.4 Å². The van der Waals surface area contributed by atoms with Crippen molar-refractivity contribution in [2.45, 2.75) is 44.6 Å². The fourth-order valence-corrected chi connectivity index (χ4v) is 4.08. The van der Waals surface area contributed by atoms with Gasteiger partial charge in [0.2, 0.25) is 5.91 Å². The topological polar surface area (TPSA) is 63.7 Å². The number of likely N-dealkylation sites (tertiary alicyclic amines) is 1. The number of carbonyl (C=O) groups excluding carboxylic acids is 3. The van der Waals surface area contributed by atoms with Crippen molar-refractivity contribution in [1.82, 2.24) is 4.90 Å². The highest BCUT2D eigenvalue weighted by Gasteiger charge is 2.25. The summed E-state index contributed by atoms with van der Waals surface area (Å²) in [5.41, 5.74) is 0.997. The molecule has 5 nitrogen and oxygen atoms in total. The van der Waals surface area contributed by atoms with E-state index in [1.807, 2.05) is 41.3 Å². The van der Waals surface area contributed by atoms with Gasteiger partial charge in [-0.25, -0.2) is 0 Å². The SMILES string of the molecule is COC(=O)CCCSCCN1C(=O)CCCC1/C=C/C(=O)Cc1ccccc1. The lowest BCUT2D eigenvalue weighted by atomic mass is 10.00. The van der Waals surface area contributed by atoms with Crippen molar-refractivity contribution in [3.63, 3.8) is 0 Å². The third-order valence-corrected chi connectivity index (χ3v) is 5.76. The summed E-state index contributed by atoms with van der Waals surface area (Å²) in [6.45, 7) is 0.670. The van der Waals surface area contributed by atoms with Gasteiger partial charge in [-0.15, -0.1) is 0 Å². The van der Waals surface area contributed by atoms with Crippen LogP contribution >= 0.6 is 11.8 Å². The highest BCUT2D eigenvalue weighted by atomic mass is 32.2. The van der Waals surface area contributed by atoms with Crippen LogP contribution in [-0.4, -0.2) is 53.8 Å². The molecule has 0 bridgehead atoms. The number of rotatable bonds is 11. The second-order valence-electron chi connectivity index (χ2n) is 6.83. The molecule has 0 saturated carbocycles. The number of esters is 1. The number of ketones is 1. The lowest BCUT2D eigenvalue weighted by Gasteiger charge is -2.34. The first-order valence-electron chi connectivity index (χ1n) is 9.79. The predicted molar refractivity (Wildman–Crippen MR) is 112 cm³/mol. The van der Waals surface area contributed by atoms with Crippen LogP contribution in [0.5, 0.6) is 0 Å². The summed E-state index contributed by atoms with van der Waals surface area (Å²) in [7, 11) is 1.40. The number of piperidine rings is 1. The monoisotopic (exact) mass is 403 g/mol.